The average Bonchev–Trinajstić information content (AvgIpc) is 3.28. The lowest BCUT2D eigenvalue weighted by molar-refractivity contribution is -0.0436. The van der Waals surface area contributed by atoms with Gasteiger partial charge in [-0.1, -0.05) is 17.4 Å². The Hall–Kier alpha value is -1.62. The van der Waals surface area contributed by atoms with Crippen LogP contribution in [0.25, 0.3) is 0 Å². The molecule has 10 heteroatoms. The number of morpholine rings is 1. The molecule has 140 valence electrons. The Balaban J connectivity index is 1.57. The van der Waals surface area contributed by atoms with Gasteiger partial charge in [0.2, 0.25) is 15.2 Å². The fraction of sp³-hybridized carbons (Fsp3) is 0.500. The summed E-state index contributed by atoms with van der Waals surface area (Å²) < 4.78 is 47.0. The number of aryl methyl sites for hydroxylation is 1. The molecule has 2 aliphatic heterocycles. The molecule has 4 rings (SSSR count). The molecule has 2 saturated heterocycles. The first kappa shape index (κ1) is 17.8. The predicted molar refractivity (Wildman–Crippen MR) is 95.3 cm³/mol. The molecule has 1 spiro atoms. The van der Waals surface area contributed by atoms with Crippen molar-refractivity contribution < 1.29 is 17.5 Å². The summed E-state index contributed by atoms with van der Waals surface area (Å²) >= 11 is 1.45. The summed E-state index contributed by atoms with van der Waals surface area (Å²) in [4.78, 5) is 2.11. The molecule has 2 fully saturated rings. The summed E-state index contributed by atoms with van der Waals surface area (Å²) in [5.74, 6) is -0.556. The van der Waals surface area contributed by atoms with Gasteiger partial charge in [-0.25, -0.2) is 12.8 Å². The maximum absolute atomic E-state index is 13.6. The molecule has 0 aliphatic carbocycles. The molecule has 3 heterocycles. The van der Waals surface area contributed by atoms with Crippen molar-refractivity contribution in [2.45, 2.75) is 23.8 Å². The molecular formula is C16H19FN4O3S2. The minimum absolute atomic E-state index is 0.0198. The number of benzene rings is 1. The molecule has 26 heavy (non-hydrogen) atoms. The number of anilines is 1. The molecule has 2 aromatic rings. The van der Waals surface area contributed by atoms with E-state index in [1.54, 1.807) is 12.4 Å². The molecule has 1 unspecified atom stereocenters. The van der Waals surface area contributed by atoms with Gasteiger partial charge in [-0.2, -0.15) is 4.31 Å². The molecule has 0 amide bonds. The van der Waals surface area contributed by atoms with E-state index < -0.39 is 21.4 Å². The van der Waals surface area contributed by atoms with E-state index in [2.05, 4.69) is 15.1 Å². The van der Waals surface area contributed by atoms with Crippen LogP contribution >= 0.6 is 11.3 Å². The van der Waals surface area contributed by atoms with E-state index in [1.807, 2.05) is 0 Å². The van der Waals surface area contributed by atoms with Crippen molar-refractivity contribution >= 4 is 26.5 Å². The smallest absolute Gasteiger partial charge is 0.243 e. The number of hydrogen-bond donors (Lipinski definition) is 0. The highest BCUT2D eigenvalue weighted by Gasteiger charge is 2.47. The summed E-state index contributed by atoms with van der Waals surface area (Å²) in [6.07, 6.45) is 0.593. The van der Waals surface area contributed by atoms with Crippen LogP contribution in [0.15, 0.2) is 28.6 Å². The van der Waals surface area contributed by atoms with Gasteiger partial charge in [-0.3, -0.25) is 0 Å². The van der Waals surface area contributed by atoms with E-state index in [9.17, 15) is 12.8 Å². The Bertz CT molecular complexity index is 906. The van der Waals surface area contributed by atoms with Crippen molar-refractivity contribution in [1.29, 1.82) is 0 Å². The lowest BCUT2D eigenvalue weighted by atomic mass is 10.0. The normalized spacial score (nSPS) is 24.5. The first-order valence-electron chi connectivity index (χ1n) is 8.31. The molecule has 7 nitrogen and oxygen atoms in total. The number of nitrogens with zero attached hydrogens (tertiary/aromatic N) is 4. The van der Waals surface area contributed by atoms with Crippen molar-refractivity contribution in [1.82, 2.24) is 14.5 Å². The van der Waals surface area contributed by atoms with Crippen molar-refractivity contribution in [3.05, 3.63) is 35.1 Å². The quantitative estimate of drug-likeness (QED) is 0.783. The van der Waals surface area contributed by atoms with Gasteiger partial charge in [-0.15, -0.1) is 10.2 Å². The second-order valence-electron chi connectivity index (χ2n) is 6.67. The van der Waals surface area contributed by atoms with E-state index >= 15 is 0 Å². The molecule has 1 atom stereocenters. The first-order valence-corrected chi connectivity index (χ1v) is 10.6. The monoisotopic (exact) mass is 398 g/mol. The van der Waals surface area contributed by atoms with Gasteiger partial charge in [0, 0.05) is 19.6 Å². The second-order valence-corrected chi connectivity index (χ2v) is 9.39. The van der Waals surface area contributed by atoms with E-state index in [0.29, 0.717) is 38.2 Å². The van der Waals surface area contributed by atoms with Crippen LogP contribution in [0.2, 0.25) is 0 Å². The van der Waals surface area contributed by atoms with Crippen LogP contribution in [0.3, 0.4) is 0 Å². The minimum atomic E-state index is -3.77. The fourth-order valence-electron chi connectivity index (χ4n) is 3.56. The molecule has 1 aromatic carbocycles. The lowest BCUT2D eigenvalue weighted by Crippen LogP contribution is -2.53. The fourth-order valence-corrected chi connectivity index (χ4v) is 5.90. The third-order valence-electron chi connectivity index (χ3n) is 4.92. The summed E-state index contributed by atoms with van der Waals surface area (Å²) in [6, 6.07) is 3.84. The van der Waals surface area contributed by atoms with Gasteiger partial charge in [-0.05, 0) is 31.0 Å². The molecule has 2 aliphatic rings. The topological polar surface area (TPSA) is 75.6 Å². The van der Waals surface area contributed by atoms with E-state index in [4.69, 9.17) is 4.74 Å². The highest BCUT2D eigenvalue weighted by Crippen LogP contribution is 2.35. The average molecular weight is 398 g/mol. The Kier molecular flexibility index (Phi) is 4.46. The van der Waals surface area contributed by atoms with Crippen LogP contribution in [0.1, 0.15) is 12.0 Å². The van der Waals surface area contributed by atoms with Crippen LogP contribution in [0.5, 0.6) is 0 Å². The Morgan fingerprint density at radius 3 is 2.92 bits per heavy atom. The number of ether oxygens (including phenoxy) is 1. The largest absolute Gasteiger partial charge is 0.370 e. The van der Waals surface area contributed by atoms with E-state index in [-0.39, 0.29) is 11.4 Å². The highest BCUT2D eigenvalue weighted by atomic mass is 32.2. The van der Waals surface area contributed by atoms with Crippen molar-refractivity contribution in [2.24, 2.45) is 0 Å². The van der Waals surface area contributed by atoms with Crippen molar-refractivity contribution in [2.75, 3.05) is 37.7 Å². The predicted octanol–water partition coefficient (Wildman–Crippen LogP) is 1.66. The summed E-state index contributed by atoms with van der Waals surface area (Å²) in [7, 11) is -3.77. The maximum Gasteiger partial charge on any atom is 0.243 e. The third-order valence-corrected chi connectivity index (χ3v) is 7.65. The highest BCUT2D eigenvalue weighted by molar-refractivity contribution is 7.89. The molecule has 0 bridgehead atoms. The maximum atomic E-state index is 13.6. The standard InChI is InChI=1S/C16H19FN4O3S2/c1-12-2-3-13(17)8-14(12)26(22,23)21-5-4-16(10-21)9-20(6-7-24-16)15-19-18-11-25-15/h2-3,8,11H,4-7,9-10H2,1H3. The van der Waals surface area contributed by atoms with Crippen LogP contribution in [0, 0.1) is 12.7 Å². The van der Waals surface area contributed by atoms with Gasteiger partial charge < -0.3 is 9.64 Å². The molecule has 0 N–H and O–H groups in total. The van der Waals surface area contributed by atoms with Crippen LogP contribution in [-0.2, 0) is 14.8 Å². The second kappa shape index (κ2) is 6.52. The van der Waals surface area contributed by atoms with E-state index in [1.165, 1.54) is 27.8 Å². The van der Waals surface area contributed by atoms with Crippen LogP contribution in [0.4, 0.5) is 9.52 Å². The minimum Gasteiger partial charge on any atom is -0.370 e. The zero-order chi connectivity index (χ0) is 18.4. The SMILES string of the molecule is Cc1ccc(F)cc1S(=O)(=O)N1CCC2(CN(c3nncs3)CCO2)C1. The number of halogens is 1. The lowest BCUT2D eigenvalue weighted by Gasteiger charge is -2.40. The Morgan fingerprint density at radius 2 is 2.15 bits per heavy atom. The number of rotatable bonds is 3. The van der Waals surface area contributed by atoms with Crippen molar-refractivity contribution in [3.63, 3.8) is 0 Å². The van der Waals surface area contributed by atoms with Gasteiger partial charge in [0.15, 0.2) is 0 Å². The first-order chi connectivity index (χ1) is 12.4. The summed E-state index contributed by atoms with van der Waals surface area (Å²) in [5.41, 5.74) is 1.64. The number of hydrogen-bond acceptors (Lipinski definition) is 7. The zero-order valence-corrected chi connectivity index (χ0v) is 15.9. The van der Waals surface area contributed by atoms with Crippen molar-refractivity contribution in [3.8, 4) is 0 Å². The van der Waals surface area contributed by atoms with Gasteiger partial charge in [0.05, 0.1) is 18.0 Å². The molecular weight excluding hydrogens is 379 g/mol. The molecule has 0 radical (unpaired) electrons. The van der Waals surface area contributed by atoms with Gasteiger partial charge >= 0.3 is 0 Å². The number of sulfonamides is 1. The van der Waals surface area contributed by atoms with Gasteiger partial charge in [0.1, 0.15) is 16.9 Å². The number of aromatic nitrogens is 2. The van der Waals surface area contributed by atoms with E-state index in [0.717, 1.165) is 11.2 Å². The van der Waals surface area contributed by atoms with Crippen LogP contribution < -0.4 is 4.90 Å². The van der Waals surface area contributed by atoms with Gasteiger partial charge in [0.25, 0.3) is 0 Å². The van der Waals surface area contributed by atoms with Crippen LogP contribution in [-0.4, -0.2) is 61.3 Å². The Labute approximate surface area is 155 Å². The summed E-state index contributed by atoms with van der Waals surface area (Å²) in [6.45, 7) is 4.05. The molecule has 1 aromatic heterocycles. The third kappa shape index (κ3) is 3.11. The Morgan fingerprint density at radius 1 is 1.31 bits per heavy atom. The molecule has 0 saturated carbocycles. The zero-order valence-electron chi connectivity index (χ0n) is 14.3. The summed E-state index contributed by atoms with van der Waals surface area (Å²) in [5, 5.41) is 8.78.